The zero-order valence-electron chi connectivity index (χ0n) is 11.2. The Hall–Kier alpha value is -2.27. The van der Waals surface area contributed by atoms with Gasteiger partial charge in [0.2, 0.25) is 5.91 Å². The van der Waals surface area contributed by atoms with Crippen LogP contribution in [0.4, 0.5) is 11.4 Å². The summed E-state index contributed by atoms with van der Waals surface area (Å²) in [7, 11) is 0. The minimum atomic E-state index is -0.0851. The maximum absolute atomic E-state index is 12.1. The zero-order chi connectivity index (χ0) is 14.8. The van der Waals surface area contributed by atoms with Crippen molar-refractivity contribution in [2.24, 2.45) is 0 Å². The van der Waals surface area contributed by atoms with Gasteiger partial charge in [0, 0.05) is 21.7 Å². The number of nitrogens with one attached hydrogen (secondary N) is 1. The molecular weight excluding hydrogens is 330 g/mol. The Bertz CT molecular complexity index is 793. The van der Waals surface area contributed by atoms with E-state index in [1.165, 1.54) is 0 Å². The number of anilines is 2. The molecule has 0 saturated heterocycles. The second kappa shape index (κ2) is 5.61. The fraction of sp³-hybridized carbons (Fsp3) is 0.0625. The molecule has 0 bridgehead atoms. The number of nitrogen functional groups attached to an aromatic ring is 1. The highest BCUT2D eigenvalue weighted by Crippen LogP contribution is 2.22. The number of carbonyl (C=O) groups excluding carboxylic acids is 1. The first-order valence-corrected chi connectivity index (χ1v) is 7.31. The monoisotopic (exact) mass is 343 g/mol. The summed E-state index contributed by atoms with van der Waals surface area (Å²) in [6.45, 7) is 0.230. The Kier molecular flexibility index (Phi) is 3.66. The van der Waals surface area contributed by atoms with Crippen molar-refractivity contribution in [3.05, 3.63) is 59.2 Å². The number of fused-ring (bicyclic) bond motifs is 1. The number of hydrogen-bond acceptors (Lipinski definition) is 2. The molecule has 3 N–H and O–H groups in total. The van der Waals surface area contributed by atoms with E-state index in [1.807, 2.05) is 59.3 Å². The van der Waals surface area contributed by atoms with Crippen molar-refractivity contribution in [2.45, 2.75) is 6.54 Å². The smallest absolute Gasteiger partial charge is 0.244 e. The molecule has 21 heavy (non-hydrogen) atoms. The van der Waals surface area contributed by atoms with E-state index in [0.29, 0.717) is 5.69 Å². The highest BCUT2D eigenvalue weighted by molar-refractivity contribution is 9.10. The molecule has 3 aromatic rings. The van der Waals surface area contributed by atoms with Crippen LogP contribution < -0.4 is 11.1 Å². The van der Waals surface area contributed by atoms with Crippen molar-refractivity contribution in [1.29, 1.82) is 0 Å². The molecule has 3 rings (SSSR count). The van der Waals surface area contributed by atoms with Crippen molar-refractivity contribution < 1.29 is 4.79 Å². The topological polar surface area (TPSA) is 60.0 Å². The number of amides is 1. The molecule has 0 radical (unpaired) electrons. The summed E-state index contributed by atoms with van der Waals surface area (Å²) in [4.78, 5) is 12.1. The van der Waals surface area contributed by atoms with Crippen LogP contribution >= 0.6 is 15.9 Å². The van der Waals surface area contributed by atoms with Crippen molar-refractivity contribution >= 4 is 44.1 Å². The van der Waals surface area contributed by atoms with E-state index in [0.717, 1.165) is 21.1 Å². The number of benzene rings is 2. The molecule has 0 fully saturated rings. The van der Waals surface area contributed by atoms with Crippen LogP contribution in [-0.4, -0.2) is 10.5 Å². The quantitative estimate of drug-likeness (QED) is 0.713. The molecule has 106 valence electrons. The van der Waals surface area contributed by atoms with Crippen molar-refractivity contribution in [1.82, 2.24) is 4.57 Å². The van der Waals surface area contributed by atoms with Crippen LogP contribution in [0.15, 0.2) is 59.2 Å². The van der Waals surface area contributed by atoms with Gasteiger partial charge in [0.25, 0.3) is 0 Å². The van der Waals surface area contributed by atoms with Gasteiger partial charge in [-0.05, 0) is 36.4 Å². The van der Waals surface area contributed by atoms with E-state index in [2.05, 4.69) is 21.2 Å². The molecule has 4 nitrogen and oxygen atoms in total. The average Bonchev–Trinajstić information content (AvgIpc) is 2.86. The number of para-hydroxylation sites is 1. The van der Waals surface area contributed by atoms with Crippen LogP contribution in [0.1, 0.15) is 0 Å². The largest absolute Gasteiger partial charge is 0.397 e. The summed E-state index contributed by atoms with van der Waals surface area (Å²) in [5.41, 5.74) is 8.33. The second-order valence-electron chi connectivity index (χ2n) is 4.78. The average molecular weight is 344 g/mol. The number of aromatic nitrogens is 1. The molecule has 2 aromatic carbocycles. The molecule has 0 aliphatic heterocycles. The summed E-state index contributed by atoms with van der Waals surface area (Å²) < 4.78 is 2.84. The Morgan fingerprint density at radius 3 is 2.67 bits per heavy atom. The highest BCUT2D eigenvalue weighted by atomic mass is 79.9. The van der Waals surface area contributed by atoms with Gasteiger partial charge < -0.3 is 15.6 Å². The minimum absolute atomic E-state index is 0.0851. The first kappa shape index (κ1) is 13.7. The molecule has 0 saturated carbocycles. The van der Waals surface area contributed by atoms with Crippen LogP contribution in [0.3, 0.4) is 0 Å². The van der Waals surface area contributed by atoms with Crippen molar-refractivity contribution in [3.8, 4) is 0 Å². The first-order valence-electron chi connectivity index (χ1n) is 6.52. The summed E-state index contributed by atoms with van der Waals surface area (Å²) in [5.74, 6) is -0.0851. The molecule has 0 unspecified atom stereocenters. The molecule has 0 aliphatic rings. The number of carbonyl (C=O) groups is 1. The second-order valence-corrected chi connectivity index (χ2v) is 5.70. The van der Waals surface area contributed by atoms with Gasteiger partial charge in [0.05, 0.1) is 11.2 Å². The molecule has 0 atom stereocenters. The van der Waals surface area contributed by atoms with E-state index >= 15 is 0 Å². The van der Waals surface area contributed by atoms with Gasteiger partial charge in [0.1, 0.15) is 6.54 Å². The standard InChI is InChI=1S/C16H14BrN3O/c17-12-4-6-13(7-5-12)19-15(21)10-20-9-8-11-2-1-3-14(18)16(11)20/h1-9H,10,18H2,(H,19,21). The molecule has 0 aliphatic carbocycles. The maximum atomic E-state index is 12.1. The van der Waals surface area contributed by atoms with Crippen molar-refractivity contribution in [2.75, 3.05) is 11.1 Å². The Morgan fingerprint density at radius 2 is 1.90 bits per heavy atom. The fourth-order valence-corrected chi connectivity index (χ4v) is 2.58. The van der Waals surface area contributed by atoms with Gasteiger partial charge in [-0.1, -0.05) is 28.1 Å². The minimum Gasteiger partial charge on any atom is -0.397 e. The van der Waals surface area contributed by atoms with Crippen LogP contribution in [-0.2, 0) is 11.3 Å². The van der Waals surface area contributed by atoms with Crippen LogP contribution in [0.25, 0.3) is 10.9 Å². The van der Waals surface area contributed by atoms with Gasteiger partial charge in [-0.3, -0.25) is 4.79 Å². The summed E-state index contributed by atoms with van der Waals surface area (Å²) in [6.07, 6.45) is 1.88. The fourth-order valence-electron chi connectivity index (χ4n) is 2.31. The lowest BCUT2D eigenvalue weighted by molar-refractivity contribution is -0.116. The summed E-state index contributed by atoms with van der Waals surface area (Å²) in [5, 5.41) is 3.90. The van der Waals surface area contributed by atoms with Gasteiger partial charge >= 0.3 is 0 Å². The van der Waals surface area contributed by atoms with E-state index in [-0.39, 0.29) is 12.5 Å². The van der Waals surface area contributed by atoms with E-state index in [1.54, 1.807) is 0 Å². The number of halogens is 1. The van der Waals surface area contributed by atoms with E-state index in [4.69, 9.17) is 5.73 Å². The SMILES string of the molecule is Nc1cccc2ccn(CC(=O)Nc3ccc(Br)cc3)c12. The lowest BCUT2D eigenvalue weighted by atomic mass is 10.2. The molecule has 1 amide bonds. The van der Waals surface area contributed by atoms with Gasteiger partial charge in [0.15, 0.2) is 0 Å². The van der Waals surface area contributed by atoms with E-state index in [9.17, 15) is 4.79 Å². The lowest BCUT2D eigenvalue weighted by Crippen LogP contribution is -2.18. The third-order valence-corrected chi connectivity index (χ3v) is 3.79. The van der Waals surface area contributed by atoms with Crippen LogP contribution in [0, 0.1) is 0 Å². The molecule has 5 heteroatoms. The molecule has 1 heterocycles. The summed E-state index contributed by atoms with van der Waals surface area (Å²) >= 11 is 3.36. The molecule has 0 spiro atoms. The number of nitrogens with zero attached hydrogens (tertiary/aromatic N) is 1. The zero-order valence-corrected chi connectivity index (χ0v) is 12.8. The lowest BCUT2D eigenvalue weighted by Gasteiger charge is -2.08. The maximum Gasteiger partial charge on any atom is 0.244 e. The third kappa shape index (κ3) is 2.92. The predicted molar refractivity (Wildman–Crippen MR) is 89.1 cm³/mol. The Labute approximate surface area is 130 Å². The molecular formula is C16H14BrN3O. The summed E-state index contributed by atoms with van der Waals surface area (Å²) in [6, 6.07) is 15.2. The Morgan fingerprint density at radius 1 is 1.14 bits per heavy atom. The highest BCUT2D eigenvalue weighted by Gasteiger charge is 2.08. The number of rotatable bonds is 3. The van der Waals surface area contributed by atoms with Crippen molar-refractivity contribution in [3.63, 3.8) is 0 Å². The predicted octanol–water partition coefficient (Wildman–Crippen LogP) is 3.62. The van der Waals surface area contributed by atoms with Gasteiger partial charge in [-0.25, -0.2) is 0 Å². The van der Waals surface area contributed by atoms with Crippen LogP contribution in [0.2, 0.25) is 0 Å². The first-order chi connectivity index (χ1) is 10.1. The van der Waals surface area contributed by atoms with Crippen LogP contribution in [0.5, 0.6) is 0 Å². The van der Waals surface area contributed by atoms with Gasteiger partial charge in [-0.2, -0.15) is 0 Å². The number of nitrogens with two attached hydrogens (primary N) is 1. The van der Waals surface area contributed by atoms with Gasteiger partial charge in [-0.15, -0.1) is 0 Å². The normalized spacial score (nSPS) is 10.7. The molecule has 1 aromatic heterocycles. The number of hydrogen-bond donors (Lipinski definition) is 2. The third-order valence-electron chi connectivity index (χ3n) is 3.26. The Balaban J connectivity index is 1.79. The van der Waals surface area contributed by atoms with E-state index < -0.39 is 0 Å².